The van der Waals surface area contributed by atoms with Crippen LogP contribution in [-0.2, 0) is 4.74 Å². The van der Waals surface area contributed by atoms with Gasteiger partial charge in [-0.25, -0.2) is 4.79 Å². The summed E-state index contributed by atoms with van der Waals surface area (Å²) in [6, 6.07) is 0.455. The maximum atomic E-state index is 12.2. The van der Waals surface area contributed by atoms with Crippen LogP contribution >= 0.6 is 0 Å². The third-order valence-electron chi connectivity index (χ3n) is 7.22. The first-order chi connectivity index (χ1) is 13.4. The van der Waals surface area contributed by atoms with Gasteiger partial charge in [0.25, 0.3) is 0 Å². The molecule has 0 aromatic carbocycles. The number of piperidine rings is 1. The Hall–Kier alpha value is -1.72. The quantitative estimate of drug-likeness (QED) is 0.710. The predicted molar refractivity (Wildman–Crippen MR) is 115 cm³/mol. The highest BCUT2D eigenvalue weighted by atomic mass is 16.6. The molecule has 2 aliphatic heterocycles. The number of aromatic nitrogens is 2. The first-order valence-electron chi connectivity index (χ1n) is 11.2. The van der Waals surface area contributed by atoms with Crippen molar-refractivity contribution in [2.75, 3.05) is 24.5 Å². The van der Waals surface area contributed by atoms with E-state index in [9.17, 15) is 4.79 Å². The molecule has 3 fully saturated rings. The Kier molecular flexibility index (Phi) is 4.71. The molecule has 3 aliphatic rings. The Morgan fingerprint density at radius 2 is 1.79 bits per heavy atom. The molecule has 162 valence electrons. The van der Waals surface area contributed by atoms with Crippen LogP contribution in [0.1, 0.15) is 84.0 Å². The van der Waals surface area contributed by atoms with Crippen LogP contribution in [0.3, 0.4) is 0 Å². The summed E-state index contributed by atoms with van der Waals surface area (Å²) in [7, 11) is 0. The van der Waals surface area contributed by atoms with Crippen LogP contribution in [0.2, 0.25) is 0 Å². The molecule has 0 atom stereocenters. The average Bonchev–Trinajstić information content (AvgIpc) is 2.79. The topological polar surface area (TPSA) is 50.6 Å². The molecule has 6 nitrogen and oxygen atoms in total. The third kappa shape index (κ3) is 3.64. The van der Waals surface area contributed by atoms with E-state index >= 15 is 0 Å². The molecule has 29 heavy (non-hydrogen) atoms. The number of carbonyl (C=O) groups excluding carboxylic acids is 1. The summed E-state index contributed by atoms with van der Waals surface area (Å²) in [6.07, 6.45) is 5.83. The maximum Gasteiger partial charge on any atom is 0.410 e. The fraction of sp³-hybridized carbons (Fsp3) is 0.826. The average molecular weight is 403 g/mol. The van der Waals surface area contributed by atoms with Gasteiger partial charge in [-0.15, -0.1) is 0 Å². The number of hydrogen-bond donors (Lipinski definition) is 0. The van der Waals surface area contributed by atoms with Crippen molar-refractivity contribution in [3.05, 3.63) is 11.3 Å². The van der Waals surface area contributed by atoms with Gasteiger partial charge < -0.3 is 14.5 Å². The fourth-order valence-corrected chi connectivity index (χ4v) is 5.45. The van der Waals surface area contributed by atoms with E-state index in [-0.39, 0.29) is 17.0 Å². The van der Waals surface area contributed by atoms with Crippen LogP contribution in [0, 0.1) is 19.3 Å². The number of anilines is 1. The molecule has 1 saturated carbocycles. The maximum absolute atomic E-state index is 12.2. The minimum Gasteiger partial charge on any atom is -0.444 e. The first-order valence-corrected chi connectivity index (χ1v) is 11.2. The van der Waals surface area contributed by atoms with Crippen molar-refractivity contribution < 1.29 is 9.53 Å². The van der Waals surface area contributed by atoms with Crippen LogP contribution in [0.5, 0.6) is 0 Å². The summed E-state index contributed by atoms with van der Waals surface area (Å²) < 4.78 is 7.78. The van der Waals surface area contributed by atoms with E-state index in [0.717, 1.165) is 32.5 Å². The molecule has 0 radical (unpaired) electrons. The summed E-state index contributed by atoms with van der Waals surface area (Å²) in [4.78, 5) is 16.6. The van der Waals surface area contributed by atoms with E-state index in [1.54, 1.807) is 0 Å². The van der Waals surface area contributed by atoms with Crippen molar-refractivity contribution in [2.24, 2.45) is 5.41 Å². The summed E-state index contributed by atoms with van der Waals surface area (Å²) in [5, 5.41) is 5.11. The standard InChI is InChI=1S/C23H38N4O2/c1-16-17(2)27(24-19(16)26-11-9-8-10-22(26,6)7)18-12-23(13-18)14-25(15-23)20(28)29-21(3,4)5/h18H,8-15H2,1-7H3. The number of amides is 1. The zero-order chi connectivity index (χ0) is 21.2. The number of nitrogens with zero attached hydrogens (tertiary/aromatic N) is 4. The van der Waals surface area contributed by atoms with Gasteiger partial charge in [0.1, 0.15) is 5.60 Å². The second-order valence-electron chi connectivity index (χ2n) is 11.3. The lowest BCUT2D eigenvalue weighted by Gasteiger charge is -2.58. The smallest absolute Gasteiger partial charge is 0.410 e. The summed E-state index contributed by atoms with van der Waals surface area (Å²) in [6.45, 7) is 17.6. The number of likely N-dealkylation sites (tertiary alicyclic amines) is 1. The van der Waals surface area contributed by atoms with Crippen molar-refractivity contribution in [2.45, 2.75) is 97.8 Å². The van der Waals surface area contributed by atoms with E-state index in [1.807, 2.05) is 25.7 Å². The number of rotatable bonds is 2. The molecule has 1 amide bonds. The molecule has 0 unspecified atom stereocenters. The molecule has 0 N–H and O–H groups in total. The normalized spacial score (nSPS) is 23.7. The molecule has 6 heteroatoms. The van der Waals surface area contributed by atoms with Crippen molar-refractivity contribution in [1.29, 1.82) is 0 Å². The van der Waals surface area contributed by atoms with E-state index in [2.05, 4.69) is 37.3 Å². The van der Waals surface area contributed by atoms with Gasteiger partial charge in [-0.2, -0.15) is 5.10 Å². The van der Waals surface area contributed by atoms with Crippen molar-refractivity contribution >= 4 is 11.9 Å². The van der Waals surface area contributed by atoms with Crippen molar-refractivity contribution in [1.82, 2.24) is 14.7 Å². The van der Waals surface area contributed by atoms with E-state index in [0.29, 0.717) is 6.04 Å². The molecule has 1 aliphatic carbocycles. The summed E-state index contributed by atoms with van der Waals surface area (Å²) in [5.74, 6) is 1.18. The number of carbonyl (C=O) groups is 1. The molecular weight excluding hydrogens is 364 g/mol. The molecule has 1 aromatic rings. The second kappa shape index (κ2) is 6.64. The van der Waals surface area contributed by atoms with Crippen LogP contribution in [0.25, 0.3) is 0 Å². The third-order valence-corrected chi connectivity index (χ3v) is 7.22. The highest BCUT2D eigenvalue weighted by Gasteiger charge is 2.55. The van der Waals surface area contributed by atoms with Gasteiger partial charge in [0, 0.05) is 41.8 Å². The van der Waals surface area contributed by atoms with Gasteiger partial charge in [-0.05, 0) is 80.6 Å². The lowest BCUT2D eigenvalue weighted by atomic mass is 9.61. The van der Waals surface area contributed by atoms with Gasteiger partial charge in [0.15, 0.2) is 5.82 Å². The van der Waals surface area contributed by atoms with Crippen LogP contribution in [-0.4, -0.2) is 51.5 Å². The SMILES string of the molecule is Cc1c(N2CCCCC2(C)C)nn(C2CC3(C2)CN(C(=O)OC(C)(C)C)C3)c1C. The van der Waals surface area contributed by atoms with Gasteiger partial charge in [-0.3, -0.25) is 4.68 Å². The van der Waals surface area contributed by atoms with Gasteiger partial charge in [-0.1, -0.05) is 0 Å². The highest BCUT2D eigenvalue weighted by Crippen LogP contribution is 2.55. The minimum atomic E-state index is -0.426. The van der Waals surface area contributed by atoms with Gasteiger partial charge in [0.05, 0.1) is 6.04 Å². The molecule has 3 heterocycles. The number of ether oxygens (including phenoxy) is 1. The lowest BCUT2D eigenvalue weighted by Crippen LogP contribution is -2.64. The van der Waals surface area contributed by atoms with Gasteiger partial charge >= 0.3 is 6.09 Å². The molecular formula is C23H38N4O2. The largest absolute Gasteiger partial charge is 0.444 e. The fourth-order valence-electron chi connectivity index (χ4n) is 5.45. The van der Waals surface area contributed by atoms with E-state index in [1.165, 1.54) is 36.3 Å². The Morgan fingerprint density at radius 3 is 2.38 bits per heavy atom. The number of hydrogen-bond acceptors (Lipinski definition) is 4. The predicted octanol–water partition coefficient (Wildman–Crippen LogP) is 4.84. The lowest BCUT2D eigenvalue weighted by molar-refractivity contribution is -0.0930. The molecule has 4 rings (SSSR count). The summed E-state index contributed by atoms with van der Waals surface area (Å²) in [5.41, 5.74) is 2.65. The molecule has 2 saturated heterocycles. The van der Waals surface area contributed by atoms with Crippen molar-refractivity contribution in [3.63, 3.8) is 0 Å². The van der Waals surface area contributed by atoms with Crippen LogP contribution in [0.4, 0.5) is 10.6 Å². The zero-order valence-electron chi connectivity index (χ0n) is 19.3. The van der Waals surface area contributed by atoms with Crippen LogP contribution < -0.4 is 4.90 Å². The molecule has 0 bridgehead atoms. The van der Waals surface area contributed by atoms with E-state index < -0.39 is 5.60 Å². The summed E-state index contributed by atoms with van der Waals surface area (Å²) >= 11 is 0. The Morgan fingerprint density at radius 1 is 1.14 bits per heavy atom. The molecule has 1 spiro atoms. The monoisotopic (exact) mass is 402 g/mol. The van der Waals surface area contributed by atoms with Gasteiger partial charge in [0.2, 0.25) is 0 Å². The second-order valence-corrected chi connectivity index (χ2v) is 11.3. The highest BCUT2D eigenvalue weighted by molar-refractivity contribution is 5.69. The molecule has 1 aromatic heterocycles. The Labute approximate surface area is 175 Å². The first kappa shape index (κ1) is 20.5. The van der Waals surface area contributed by atoms with Crippen molar-refractivity contribution in [3.8, 4) is 0 Å². The zero-order valence-corrected chi connectivity index (χ0v) is 19.3. The Bertz CT molecular complexity index is 791. The Balaban J connectivity index is 1.40. The minimum absolute atomic E-state index is 0.174. The van der Waals surface area contributed by atoms with E-state index in [4.69, 9.17) is 9.84 Å². The van der Waals surface area contributed by atoms with Crippen LogP contribution in [0.15, 0.2) is 0 Å².